The smallest absolute Gasteiger partial charge is 0.224 e. The van der Waals surface area contributed by atoms with Crippen molar-refractivity contribution in [2.45, 2.75) is 25.7 Å². The molecule has 0 fully saturated rings. The molecule has 0 spiro atoms. The molecule has 0 aliphatic rings. The van der Waals surface area contributed by atoms with E-state index in [9.17, 15) is 0 Å². The summed E-state index contributed by atoms with van der Waals surface area (Å²) in [7, 11) is 0. The number of rotatable bonds is 8. The van der Waals surface area contributed by atoms with E-state index in [1.54, 1.807) is 6.20 Å². The standard InChI is InChI=1S/C12H20N6S/c1-19-7-5-3-2-4-6-14-10-9-8-15-18-11(9)17-12(13)16-10/h8H,2-7H2,1H3,(H4,13,14,15,16,17,18). The molecule has 104 valence electrons. The maximum absolute atomic E-state index is 5.66. The van der Waals surface area contributed by atoms with Crippen LogP contribution in [-0.4, -0.2) is 38.7 Å². The first-order chi connectivity index (χ1) is 9.31. The Morgan fingerprint density at radius 3 is 2.95 bits per heavy atom. The van der Waals surface area contributed by atoms with Gasteiger partial charge in [0.05, 0.1) is 11.6 Å². The summed E-state index contributed by atoms with van der Waals surface area (Å²) in [5.74, 6) is 2.28. The molecule has 2 rings (SSSR count). The fourth-order valence-electron chi connectivity index (χ4n) is 1.92. The second-order valence-corrected chi connectivity index (χ2v) is 5.38. The van der Waals surface area contributed by atoms with Crippen LogP contribution in [0.25, 0.3) is 11.0 Å². The number of hydrogen-bond acceptors (Lipinski definition) is 6. The highest BCUT2D eigenvalue weighted by Gasteiger charge is 2.06. The highest BCUT2D eigenvalue weighted by molar-refractivity contribution is 7.98. The molecule has 0 aliphatic carbocycles. The van der Waals surface area contributed by atoms with Crippen molar-refractivity contribution in [2.24, 2.45) is 0 Å². The number of thioether (sulfide) groups is 1. The Morgan fingerprint density at radius 1 is 1.26 bits per heavy atom. The second-order valence-electron chi connectivity index (χ2n) is 4.40. The molecule has 4 N–H and O–H groups in total. The van der Waals surface area contributed by atoms with Gasteiger partial charge in [0, 0.05) is 6.54 Å². The molecule has 2 aromatic heterocycles. The van der Waals surface area contributed by atoms with Gasteiger partial charge in [0.2, 0.25) is 5.95 Å². The van der Waals surface area contributed by atoms with E-state index in [0.29, 0.717) is 5.65 Å². The van der Waals surface area contributed by atoms with Gasteiger partial charge >= 0.3 is 0 Å². The number of nitrogen functional groups attached to an aromatic ring is 1. The zero-order valence-corrected chi connectivity index (χ0v) is 12.0. The van der Waals surface area contributed by atoms with Gasteiger partial charge in [0.1, 0.15) is 5.82 Å². The second kappa shape index (κ2) is 7.18. The average Bonchev–Trinajstić information content (AvgIpc) is 2.85. The predicted molar refractivity (Wildman–Crippen MR) is 81.4 cm³/mol. The van der Waals surface area contributed by atoms with Crippen molar-refractivity contribution in [2.75, 3.05) is 29.6 Å². The van der Waals surface area contributed by atoms with Crippen molar-refractivity contribution in [1.29, 1.82) is 0 Å². The van der Waals surface area contributed by atoms with E-state index in [2.05, 4.69) is 31.7 Å². The Kier molecular flexibility index (Phi) is 5.26. The van der Waals surface area contributed by atoms with E-state index >= 15 is 0 Å². The van der Waals surface area contributed by atoms with E-state index in [4.69, 9.17) is 5.73 Å². The fraction of sp³-hybridized carbons (Fsp3) is 0.583. The first kappa shape index (κ1) is 13.9. The molecule has 0 amide bonds. The molecular weight excluding hydrogens is 260 g/mol. The van der Waals surface area contributed by atoms with Gasteiger partial charge in [-0.05, 0) is 24.9 Å². The van der Waals surface area contributed by atoms with E-state index in [0.717, 1.165) is 24.2 Å². The minimum absolute atomic E-state index is 0.263. The predicted octanol–water partition coefficient (Wildman–Crippen LogP) is 2.27. The molecule has 0 aromatic carbocycles. The van der Waals surface area contributed by atoms with Gasteiger partial charge in [-0.25, -0.2) is 0 Å². The van der Waals surface area contributed by atoms with Gasteiger partial charge in [-0.15, -0.1) is 0 Å². The normalized spacial score (nSPS) is 11.0. The Bertz CT molecular complexity index is 512. The molecule has 0 unspecified atom stereocenters. The summed E-state index contributed by atoms with van der Waals surface area (Å²) >= 11 is 1.91. The summed E-state index contributed by atoms with van der Waals surface area (Å²) in [6, 6.07) is 0. The summed E-state index contributed by atoms with van der Waals surface area (Å²) in [6.45, 7) is 0.899. The number of aromatic nitrogens is 4. The maximum atomic E-state index is 5.66. The maximum Gasteiger partial charge on any atom is 0.224 e. The van der Waals surface area contributed by atoms with Crippen molar-refractivity contribution in [3.8, 4) is 0 Å². The van der Waals surface area contributed by atoms with Crippen LogP contribution in [0.4, 0.5) is 11.8 Å². The Morgan fingerprint density at radius 2 is 2.11 bits per heavy atom. The molecule has 7 heteroatoms. The molecule has 6 nitrogen and oxygen atoms in total. The number of H-pyrrole nitrogens is 1. The van der Waals surface area contributed by atoms with Gasteiger partial charge < -0.3 is 11.1 Å². The van der Waals surface area contributed by atoms with Crippen molar-refractivity contribution in [1.82, 2.24) is 20.2 Å². The Hall–Kier alpha value is -1.50. The van der Waals surface area contributed by atoms with Crippen molar-refractivity contribution >= 4 is 34.6 Å². The number of anilines is 2. The number of aromatic amines is 1. The fourth-order valence-corrected chi connectivity index (χ4v) is 2.41. The number of nitrogens with one attached hydrogen (secondary N) is 2. The molecule has 2 heterocycles. The van der Waals surface area contributed by atoms with Crippen LogP contribution >= 0.6 is 11.8 Å². The molecule has 0 atom stereocenters. The first-order valence-electron chi connectivity index (χ1n) is 6.50. The van der Waals surface area contributed by atoms with Crippen molar-refractivity contribution in [3.63, 3.8) is 0 Å². The molecule has 0 radical (unpaired) electrons. The lowest BCUT2D eigenvalue weighted by Crippen LogP contribution is -2.06. The lowest BCUT2D eigenvalue weighted by atomic mass is 10.2. The van der Waals surface area contributed by atoms with E-state index in [1.807, 2.05) is 11.8 Å². The van der Waals surface area contributed by atoms with Crippen molar-refractivity contribution in [3.05, 3.63) is 6.20 Å². The van der Waals surface area contributed by atoms with Crippen LogP contribution in [0.15, 0.2) is 6.20 Å². The molecule has 2 aromatic rings. The van der Waals surface area contributed by atoms with Crippen LogP contribution < -0.4 is 11.1 Å². The van der Waals surface area contributed by atoms with Crippen molar-refractivity contribution < 1.29 is 0 Å². The number of unbranched alkanes of at least 4 members (excludes halogenated alkanes) is 3. The topological polar surface area (TPSA) is 92.5 Å². The molecule has 0 bridgehead atoms. The Labute approximate surface area is 117 Å². The summed E-state index contributed by atoms with van der Waals surface area (Å²) < 4.78 is 0. The van der Waals surface area contributed by atoms with Gasteiger partial charge in [0.15, 0.2) is 5.65 Å². The molecule has 0 saturated carbocycles. The first-order valence-corrected chi connectivity index (χ1v) is 7.90. The summed E-state index contributed by atoms with van der Waals surface area (Å²) in [5.41, 5.74) is 6.33. The lowest BCUT2D eigenvalue weighted by Gasteiger charge is -2.06. The number of hydrogen-bond donors (Lipinski definition) is 3. The van der Waals surface area contributed by atoms with E-state index < -0.39 is 0 Å². The quantitative estimate of drug-likeness (QED) is 0.642. The average molecular weight is 280 g/mol. The Balaban J connectivity index is 1.79. The van der Waals surface area contributed by atoms with E-state index in [-0.39, 0.29) is 5.95 Å². The summed E-state index contributed by atoms with van der Waals surface area (Å²) in [5, 5.41) is 11.0. The summed E-state index contributed by atoms with van der Waals surface area (Å²) in [4.78, 5) is 8.29. The lowest BCUT2D eigenvalue weighted by molar-refractivity contribution is 0.688. The molecular formula is C12H20N6S. The minimum atomic E-state index is 0.263. The minimum Gasteiger partial charge on any atom is -0.369 e. The highest BCUT2D eigenvalue weighted by Crippen LogP contribution is 2.18. The monoisotopic (exact) mass is 280 g/mol. The van der Waals surface area contributed by atoms with Gasteiger partial charge in [-0.2, -0.15) is 26.8 Å². The molecule has 0 saturated heterocycles. The van der Waals surface area contributed by atoms with Crippen LogP contribution in [0, 0.1) is 0 Å². The molecule has 0 aliphatic heterocycles. The van der Waals surface area contributed by atoms with Crippen LogP contribution in [0.2, 0.25) is 0 Å². The van der Waals surface area contributed by atoms with Crippen LogP contribution in [0.1, 0.15) is 25.7 Å². The third-order valence-corrected chi connectivity index (χ3v) is 3.59. The third kappa shape index (κ3) is 3.99. The van der Waals surface area contributed by atoms with Crippen LogP contribution in [-0.2, 0) is 0 Å². The van der Waals surface area contributed by atoms with E-state index in [1.165, 1.54) is 25.0 Å². The zero-order valence-electron chi connectivity index (χ0n) is 11.1. The van der Waals surface area contributed by atoms with Crippen LogP contribution in [0.3, 0.4) is 0 Å². The largest absolute Gasteiger partial charge is 0.369 e. The number of fused-ring (bicyclic) bond motifs is 1. The summed E-state index contributed by atoms with van der Waals surface area (Å²) in [6.07, 6.45) is 8.83. The van der Waals surface area contributed by atoms with Gasteiger partial charge in [0.25, 0.3) is 0 Å². The number of nitrogens with two attached hydrogens (primary N) is 1. The third-order valence-electron chi connectivity index (χ3n) is 2.89. The molecule has 19 heavy (non-hydrogen) atoms. The zero-order chi connectivity index (χ0) is 13.5. The SMILES string of the molecule is CSCCCCCCNc1nc(N)nc2[nH]ncc12. The highest BCUT2D eigenvalue weighted by atomic mass is 32.2. The van der Waals surface area contributed by atoms with Gasteiger partial charge in [-0.3, -0.25) is 5.10 Å². The number of nitrogens with zero attached hydrogens (tertiary/aromatic N) is 3. The van der Waals surface area contributed by atoms with Crippen LogP contribution in [0.5, 0.6) is 0 Å². The van der Waals surface area contributed by atoms with Gasteiger partial charge in [-0.1, -0.05) is 12.8 Å².